The topological polar surface area (TPSA) is 48.3 Å². The van der Waals surface area contributed by atoms with Crippen molar-refractivity contribution in [1.29, 1.82) is 0 Å². The van der Waals surface area contributed by atoms with Crippen molar-refractivity contribution in [2.24, 2.45) is 0 Å². The van der Waals surface area contributed by atoms with Gasteiger partial charge in [-0.1, -0.05) is 31.5 Å². The number of benzene rings is 2. The number of ether oxygens (including phenoxy) is 2. The molecular formula is C20H25N3O2. The molecule has 1 heterocycles. The number of unbranched alkanes of at least 4 members (excludes halogenated alkanes) is 1. The first-order valence-electron chi connectivity index (χ1n) is 8.66. The number of imidazole rings is 1. The van der Waals surface area contributed by atoms with E-state index in [2.05, 4.69) is 35.0 Å². The molecule has 0 spiro atoms. The Bertz CT molecular complexity index is 842. The maximum absolute atomic E-state index is 5.38. The molecule has 0 saturated carbocycles. The fraction of sp³-hybridized carbons (Fsp3) is 0.350. The summed E-state index contributed by atoms with van der Waals surface area (Å²) >= 11 is 0. The lowest BCUT2D eigenvalue weighted by Gasteiger charge is -2.12. The summed E-state index contributed by atoms with van der Waals surface area (Å²) in [6.45, 7) is 3.84. The van der Waals surface area contributed by atoms with Gasteiger partial charge in [0.1, 0.15) is 0 Å². The molecule has 132 valence electrons. The Morgan fingerprint density at radius 3 is 2.60 bits per heavy atom. The van der Waals surface area contributed by atoms with Gasteiger partial charge in [0.25, 0.3) is 0 Å². The van der Waals surface area contributed by atoms with Gasteiger partial charge in [-0.15, -0.1) is 0 Å². The average Bonchev–Trinajstić information content (AvgIpc) is 3.01. The number of rotatable bonds is 8. The second-order valence-corrected chi connectivity index (χ2v) is 5.97. The lowest BCUT2D eigenvalue weighted by Crippen LogP contribution is -2.08. The summed E-state index contributed by atoms with van der Waals surface area (Å²) in [5.41, 5.74) is 3.31. The van der Waals surface area contributed by atoms with E-state index in [9.17, 15) is 0 Å². The molecule has 0 bridgehead atoms. The summed E-state index contributed by atoms with van der Waals surface area (Å²) in [7, 11) is 3.30. The van der Waals surface area contributed by atoms with Crippen LogP contribution in [0.3, 0.4) is 0 Å². The van der Waals surface area contributed by atoms with Gasteiger partial charge in [0.05, 0.1) is 25.3 Å². The molecule has 0 aliphatic heterocycles. The fourth-order valence-corrected chi connectivity index (χ4v) is 2.92. The number of anilines is 1. The number of hydrogen-bond donors (Lipinski definition) is 1. The summed E-state index contributed by atoms with van der Waals surface area (Å²) in [6, 6.07) is 14.2. The van der Waals surface area contributed by atoms with E-state index >= 15 is 0 Å². The lowest BCUT2D eigenvalue weighted by atomic mass is 10.2. The predicted octanol–water partition coefficient (Wildman–Crippen LogP) is 4.47. The Labute approximate surface area is 148 Å². The Hall–Kier alpha value is -2.69. The quantitative estimate of drug-likeness (QED) is 0.658. The van der Waals surface area contributed by atoms with E-state index in [-0.39, 0.29) is 0 Å². The van der Waals surface area contributed by atoms with Gasteiger partial charge in [0.2, 0.25) is 5.95 Å². The number of nitrogens with zero attached hydrogens (tertiary/aromatic N) is 2. The number of nitrogens with one attached hydrogen (secondary N) is 1. The third kappa shape index (κ3) is 3.71. The van der Waals surface area contributed by atoms with E-state index in [0.717, 1.165) is 47.9 Å². The van der Waals surface area contributed by atoms with Crippen LogP contribution in [-0.4, -0.2) is 23.8 Å². The van der Waals surface area contributed by atoms with Crippen LogP contribution in [0.15, 0.2) is 42.5 Å². The Kier molecular flexibility index (Phi) is 5.43. The van der Waals surface area contributed by atoms with Crippen molar-refractivity contribution in [3.05, 3.63) is 48.0 Å². The zero-order valence-electron chi connectivity index (χ0n) is 15.1. The second-order valence-electron chi connectivity index (χ2n) is 5.97. The number of para-hydroxylation sites is 2. The normalized spacial score (nSPS) is 10.8. The van der Waals surface area contributed by atoms with Gasteiger partial charge in [-0.2, -0.15) is 0 Å². The molecule has 2 aromatic carbocycles. The number of methoxy groups -OCH3 is 2. The molecule has 0 aliphatic rings. The smallest absolute Gasteiger partial charge is 0.204 e. The summed E-state index contributed by atoms with van der Waals surface area (Å²) in [5, 5.41) is 3.47. The van der Waals surface area contributed by atoms with Crippen LogP contribution in [-0.2, 0) is 13.1 Å². The molecule has 5 heteroatoms. The molecule has 25 heavy (non-hydrogen) atoms. The SMILES string of the molecule is CCCCn1c(NCc2ccc(OC)c(OC)c2)nc2ccccc21. The first kappa shape index (κ1) is 17.1. The molecule has 5 nitrogen and oxygen atoms in total. The summed E-state index contributed by atoms with van der Waals surface area (Å²) < 4.78 is 12.9. The first-order chi connectivity index (χ1) is 12.3. The highest BCUT2D eigenvalue weighted by molar-refractivity contribution is 5.78. The van der Waals surface area contributed by atoms with Gasteiger partial charge in [0.15, 0.2) is 11.5 Å². The van der Waals surface area contributed by atoms with Crippen molar-refractivity contribution >= 4 is 17.0 Å². The molecule has 0 amide bonds. The van der Waals surface area contributed by atoms with Gasteiger partial charge in [0, 0.05) is 13.1 Å². The molecule has 0 fully saturated rings. The molecular weight excluding hydrogens is 314 g/mol. The molecule has 0 atom stereocenters. The first-order valence-corrected chi connectivity index (χ1v) is 8.66. The molecule has 0 unspecified atom stereocenters. The zero-order valence-corrected chi connectivity index (χ0v) is 15.1. The van der Waals surface area contributed by atoms with Gasteiger partial charge < -0.3 is 19.4 Å². The van der Waals surface area contributed by atoms with Gasteiger partial charge in [-0.05, 0) is 36.2 Å². The van der Waals surface area contributed by atoms with Crippen molar-refractivity contribution in [3.8, 4) is 11.5 Å². The van der Waals surface area contributed by atoms with Crippen LogP contribution in [0, 0.1) is 0 Å². The largest absolute Gasteiger partial charge is 0.493 e. The molecule has 1 aromatic heterocycles. The lowest BCUT2D eigenvalue weighted by molar-refractivity contribution is 0.354. The fourth-order valence-electron chi connectivity index (χ4n) is 2.92. The Morgan fingerprint density at radius 1 is 1.04 bits per heavy atom. The molecule has 1 N–H and O–H groups in total. The minimum atomic E-state index is 0.676. The summed E-state index contributed by atoms with van der Waals surface area (Å²) in [4.78, 5) is 4.75. The van der Waals surface area contributed by atoms with Gasteiger partial charge in [-0.25, -0.2) is 4.98 Å². The zero-order chi connectivity index (χ0) is 17.6. The van der Waals surface area contributed by atoms with E-state index in [1.165, 1.54) is 5.52 Å². The monoisotopic (exact) mass is 339 g/mol. The van der Waals surface area contributed by atoms with Crippen molar-refractivity contribution in [3.63, 3.8) is 0 Å². The molecule has 0 aliphatic carbocycles. The standard InChI is InChI=1S/C20H25N3O2/c1-4-5-12-23-17-9-7-6-8-16(17)22-20(23)21-14-15-10-11-18(24-2)19(13-15)25-3/h6-11,13H,4-5,12,14H2,1-3H3,(H,21,22). The van der Waals surface area contributed by atoms with E-state index in [0.29, 0.717) is 6.54 Å². The van der Waals surface area contributed by atoms with Crippen LogP contribution in [0.25, 0.3) is 11.0 Å². The van der Waals surface area contributed by atoms with Crippen LogP contribution in [0.1, 0.15) is 25.3 Å². The average molecular weight is 339 g/mol. The number of hydrogen-bond acceptors (Lipinski definition) is 4. The molecule has 3 rings (SSSR count). The Morgan fingerprint density at radius 2 is 1.84 bits per heavy atom. The maximum atomic E-state index is 5.38. The van der Waals surface area contributed by atoms with E-state index in [1.807, 2.05) is 24.3 Å². The van der Waals surface area contributed by atoms with Gasteiger partial charge in [-0.3, -0.25) is 0 Å². The van der Waals surface area contributed by atoms with Crippen LogP contribution in [0.2, 0.25) is 0 Å². The highest BCUT2D eigenvalue weighted by Gasteiger charge is 2.10. The van der Waals surface area contributed by atoms with Gasteiger partial charge >= 0.3 is 0 Å². The van der Waals surface area contributed by atoms with Crippen LogP contribution >= 0.6 is 0 Å². The second kappa shape index (κ2) is 7.92. The summed E-state index contributed by atoms with van der Waals surface area (Å²) in [6.07, 6.45) is 2.28. The maximum Gasteiger partial charge on any atom is 0.204 e. The highest BCUT2D eigenvalue weighted by atomic mass is 16.5. The van der Waals surface area contributed by atoms with Crippen LogP contribution < -0.4 is 14.8 Å². The van der Waals surface area contributed by atoms with Crippen molar-refractivity contribution in [2.75, 3.05) is 19.5 Å². The molecule has 3 aromatic rings. The number of aromatic nitrogens is 2. The van der Waals surface area contributed by atoms with Crippen molar-refractivity contribution in [2.45, 2.75) is 32.9 Å². The minimum Gasteiger partial charge on any atom is -0.493 e. The van der Waals surface area contributed by atoms with E-state index < -0.39 is 0 Å². The molecule has 0 radical (unpaired) electrons. The van der Waals surface area contributed by atoms with E-state index in [4.69, 9.17) is 14.5 Å². The minimum absolute atomic E-state index is 0.676. The predicted molar refractivity (Wildman–Crippen MR) is 102 cm³/mol. The number of aryl methyl sites for hydroxylation is 1. The third-order valence-corrected chi connectivity index (χ3v) is 4.29. The van der Waals surface area contributed by atoms with E-state index in [1.54, 1.807) is 14.2 Å². The van der Waals surface area contributed by atoms with Crippen LogP contribution in [0.5, 0.6) is 11.5 Å². The Balaban J connectivity index is 1.83. The van der Waals surface area contributed by atoms with Crippen molar-refractivity contribution < 1.29 is 9.47 Å². The molecule has 0 saturated heterocycles. The summed E-state index contributed by atoms with van der Waals surface area (Å²) in [5.74, 6) is 2.38. The van der Waals surface area contributed by atoms with Crippen molar-refractivity contribution in [1.82, 2.24) is 9.55 Å². The third-order valence-electron chi connectivity index (χ3n) is 4.29. The highest BCUT2D eigenvalue weighted by Crippen LogP contribution is 2.28. The van der Waals surface area contributed by atoms with Crippen LogP contribution in [0.4, 0.5) is 5.95 Å². The number of fused-ring (bicyclic) bond motifs is 1.